The molecule has 4 nitrogen and oxygen atoms in total. The van der Waals surface area contributed by atoms with Crippen molar-refractivity contribution >= 4 is 39.3 Å². The molecule has 116 valence electrons. The molecule has 0 bridgehead atoms. The van der Waals surface area contributed by atoms with Crippen LogP contribution in [0, 0.1) is 0 Å². The van der Waals surface area contributed by atoms with Gasteiger partial charge in [-0.1, -0.05) is 11.6 Å². The van der Waals surface area contributed by atoms with Crippen LogP contribution in [-0.2, 0) is 4.79 Å². The summed E-state index contributed by atoms with van der Waals surface area (Å²) in [5, 5.41) is 3.31. The van der Waals surface area contributed by atoms with Crippen LogP contribution in [0.25, 0.3) is 0 Å². The highest BCUT2D eigenvalue weighted by atomic mass is 79.9. The van der Waals surface area contributed by atoms with Crippen molar-refractivity contribution < 1.29 is 9.59 Å². The highest BCUT2D eigenvalue weighted by Gasteiger charge is 2.12. The van der Waals surface area contributed by atoms with Gasteiger partial charge in [0.15, 0.2) is 0 Å². The van der Waals surface area contributed by atoms with Crippen LogP contribution in [0.5, 0.6) is 0 Å². The van der Waals surface area contributed by atoms with E-state index in [1.807, 2.05) is 13.8 Å². The lowest BCUT2D eigenvalue weighted by molar-refractivity contribution is -0.130. The van der Waals surface area contributed by atoms with Gasteiger partial charge in [0.2, 0.25) is 5.91 Å². The van der Waals surface area contributed by atoms with Gasteiger partial charge >= 0.3 is 0 Å². The number of nitrogens with zero attached hydrogens (tertiary/aromatic N) is 1. The van der Waals surface area contributed by atoms with Crippen LogP contribution >= 0.6 is 27.5 Å². The molecule has 0 unspecified atom stereocenters. The Labute approximate surface area is 139 Å². The van der Waals surface area contributed by atoms with Crippen molar-refractivity contribution in [3.05, 3.63) is 33.3 Å². The zero-order valence-electron chi connectivity index (χ0n) is 12.3. The summed E-state index contributed by atoms with van der Waals surface area (Å²) in [7, 11) is 0. The Hall–Kier alpha value is -1.07. The number of benzene rings is 1. The molecular weight excluding hydrogens is 356 g/mol. The normalized spacial score (nSPS) is 10.3. The molecule has 0 spiro atoms. The lowest BCUT2D eigenvalue weighted by Crippen LogP contribution is -2.31. The minimum Gasteiger partial charge on any atom is -0.352 e. The van der Waals surface area contributed by atoms with Gasteiger partial charge in [-0.2, -0.15) is 0 Å². The number of carbonyl (C=O) groups excluding carboxylic acids is 2. The number of halogens is 2. The zero-order chi connectivity index (χ0) is 15.8. The molecule has 6 heteroatoms. The molecule has 0 aliphatic heterocycles. The van der Waals surface area contributed by atoms with E-state index in [-0.39, 0.29) is 11.8 Å². The summed E-state index contributed by atoms with van der Waals surface area (Å²) in [6.07, 6.45) is 1.07. The SMILES string of the molecule is CCN(CC)C(=O)CCCNC(=O)c1cc(Cl)ccc1Br. The topological polar surface area (TPSA) is 49.4 Å². The van der Waals surface area contributed by atoms with Crippen molar-refractivity contribution in [2.45, 2.75) is 26.7 Å². The first kappa shape index (κ1) is 18.0. The summed E-state index contributed by atoms with van der Waals surface area (Å²) in [6, 6.07) is 5.06. The molecule has 1 N–H and O–H groups in total. The van der Waals surface area contributed by atoms with Crippen molar-refractivity contribution in [1.29, 1.82) is 0 Å². The molecule has 2 amide bonds. The minimum absolute atomic E-state index is 0.123. The second-order valence-corrected chi connectivity index (χ2v) is 5.84. The molecule has 1 aromatic rings. The molecule has 21 heavy (non-hydrogen) atoms. The van der Waals surface area contributed by atoms with Gasteiger partial charge in [-0.05, 0) is 54.4 Å². The Morgan fingerprint density at radius 3 is 2.57 bits per heavy atom. The molecule has 0 atom stereocenters. The largest absolute Gasteiger partial charge is 0.352 e. The molecule has 0 aromatic heterocycles. The van der Waals surface area contributed by atoms with Crippen LogP contribution in [0.15, 0.2) is 22.7 Å². The second kappa shape index (κ2) is 9.05. The quantitative estimate of drug-likeness (QED) is 0.742. The zero-order valence-corrected chi connectivity index (χ0v) is 14.6. The Kier molecular flexibility index (Phi) is 7.75. The first-order valence-electron chi connectivity index (χ1n) is 7.00. The molecule has 1 rings (SSSR count). The fourth-order valence-corrected chi connectivity index (χ4v) is 2.54. The van der Waals surface area contributed by atoms with E-state index in [1.165, 1.54) is 0 Å². The Balaban J connectivity index is 2.41. The van der Waals surface area contributed by atoms with E-state index in [4.69, 9.17) is 11.6 Å². The first-order valence-corrected chi connectivity index (χ1v) is 8.17. The maximum absolute atomic E-state index is 12.0. The molecule has 0 heterocycles. The Morgan fingerprint density at radius 1 is 1.29 bits per heavy atom. The number of rotatable bonds is 7. The van der Waals surface area contributed by atoms with Gasteiger partial charge in [-0.3, -0.25) is 9.59 Å². The third-order valence-electron chi connectivity index (χ3n) is 3.14. The molecule has 0 saturated heterocycles. The summed E-state index contributed by atoms with van der Waals surface area (Å²) in [4.78, 5) is 25.6. The minimum atomic E-state index is -0.195. The van der Waals surface area contributed by atoms with Crippen molar-refractivity contribution in [3.8, 4) is 0 Å². The van der Waals surface area contributed by atoms with E-state index in [0.29, 0.717) is 34.4 Å². The van der Waals surface area contributed by atoms with Gasteiger partial charge in [-0.15, -0.1) is 0 Å². The Bertz CT molecular complexity index is 504. The predicted octanol–water partition coefficient (Wildman–Crippen LogP) is 3.48. The number of nitrogens with one attached hydrogen (secondary N) is 1. The lowest BCUT2D eigenvalue weighted by Gasteiger charge is -2.18. The number of carbonyl (C=O) groups is 2. The standard InChI is InChI=1S/C15H20BrClN2O2/c1-3-19(4-2)14(20)6-5-9-18-15(21)12-10-11(17)7-8-13(12)16/h7-8,10H,3-6,9H2,1-2H3,(H,18,21). The van der Waals surface area contributed by atoms with E-state index in [1.54, 1.807) is 23.1 Å². The molecule has 0 saturated carbocycles. The number of amides is 2. The van der Waals surface area contributed by atoms with Crippen molar-refractivity contribution in [1.82, 2.24) is 10.2 Å². The van der Waals surface area contributed by atoms with E-state index >= 15 is 0 Å². The number of hydrogen-bond acceptors (Lipinski definition) is 2. The smallest absolute Gasteiger partial charge is 0.252 e. The van der Waals surface area contributed by atoms with Gasteiger partial charge in [0.1, 0.15) is 0 Å². The second-order valence-electron chi connectivity index (χ2n) is 4.55. The van der Waals surface area contributed by atoms with Gasteiger partial charge in [0, 0.05) is 35.6 Å². The predicted molar refractivity (Wildman–Crippen MR) is 88.6 cm³/mol. The molecule has 0 aliphatic rings. The van der Waals surface area contributed by atoms with Crippen molar-refractivity contribution in [2.75, 3.05) is 19.6 Å². The van der Waals surface area contributed by atoms with Crippen LogP contribution in [0.3, 0.4) is 0 Å². The average Bonchev–Trinajstić information content (AvgIpc) is 2.47. The fourth-order valence-electron chi connectivity index (χ4n) is 1.94. The van der Waals surface area contributed by atoms with Gasteiger partial charge in [0.05, 0.1) is 5.56 Å². The molecule has 1 aromatic carbocycles. The van der Waals surface area contributed by atoms with Gasteiger partial charge in [-0.25, -0.2) is 0 Å². The van der Waals surface area contributed by atoms with Crippen LogP contribution < -0.4 is 5.32 Å². The van der Waals surface area contributed by atoms with Crippen LogP contribution in [0.2, 0.25) is 5.02 Å². The van der Waals surface area contributed by atoms with E-state index in [2.05, 4.69) is 21.2 Å². The molecule has 0 fully saturated rings. The summed E-state index contributed by atoms with van der Waals surface area (Å²) in [6.45, 7) is 5.82. The van der Waals surface area contributed by atoms with E-state index in [0.717, 1.165) is 13.1 Å². The first-order chi connectivity index (χ1) is 9.99. The van der Waals surface area contributed by atoms with Gasteiger partial charge < -0.3 is 10.2 Å². The third kappa shape index (κ3) is 5.67. The summed E-state index contributed by atoms with van der Waals surface area (Å²) < 4.78 is 0.698. The summed E-state index contributed by atoms with van der Waals surface area (Å²) in [5.74, 6) is -0.0714. The van der Waals surface area contributed by atoms with Crippen LogP contribution in [0.1, 0.15) is 37.0 Å². The monoisotopic (exact) mass is 374 g/mol. The molecule has 0 radical (unpaired) electrons. The Morgan fingerprint density at radius 2 is 1.95 bits per heavy atom. The molecular formula is C15H20BrClN2O2. The van der Waals surface area contributed by atoms with Crippen molar-refractivity contribution in [2.24, 2.45) is 0 Å². The maximum atomic E-state index is 12.0. The van der Waals surface area contributed by atoms with Crippen molar-refractivity contribution in [3.63, 3.8) is 0 Å². The average molecular weight is 376 g/mol. The summed E-state index contributed by atoms with van der Waals surface area (Å²) in [5.41, 5.74) is 0.498. The van der Waals surface area contributed by atoms with Crippen LogP contribution in [0.4, 0.5) is 0 Å². The lowest BCUT2D eigenvalue weighted by atomic mass is 10.2. The van der Waals surface area contributed by atoms with Gasteiger partial charge in [0.25, 0.3) is 5.91 Å². The highest BCUT2D eigenvalue weighted by molar-refractivity contribution is 9.10. The fraction of sp³-hybridized carbons (Fsp3) is 0.467. The maximum Gasteiger partial charge on any atom is 0.252 e. The third-order valence-corrected chi connectivity index (χ3v) is 4.07. The van der Waals surface area contributed by atoms with Crippen LogP contribution in [-0.4, -0.2) is 36.3 Å². The summed E-state index contributed by atoms with van der Waals surface area (Å²) >= 11 is 9.20. The van der Waals surface area contributed by atoms with E-state index < -0.39 is 0 Å². The molecule has 0 aliphatic carbocycles. The highest BCUT2D eigenvalue weighted by Crippen LogP contribution is 2.20. The van der Waals surface area contributed by atoms with E-state index in [9.17, 15) is 9.59 Å². The number of hydrogen-bond donors (Lipinski definition) is 1.